The van der Waals surface area contributed by atoms with Crippen LogP contribution >= 0.6 is 12.4 Å². The van der Waals surface area contributed by atoms with Gasteiger partial charge in [-0.3, -0.25) is 9.59 Å². The van der Waals surface area contributed by atoms with Crippen molar-refractivity contribution in [2.75, 3.05) is 27.7 Å². The molecule has 0 aromatic rings. The molecule has 0 radical (unpaired) electrons. The molecule has 0 unspecified atom stereocenters. The molecular formula is C12H25ClN2O6. The molecule has 0 aliphatic heterocycles. The highest BCUT2D eigenvalue weighted by atomic mass is 35.5. The summed E-state index contributed by atoms with van der Waals surface area (Å²) < 4.78 is 5.39. The lowest BCUT2D eigenvalue weighted by Gasteiger charge is -2.28. The standard InChI is InChI=1S/C9H17NO4.C3H7NO2.ClH/c1-7(11)14-8(5-9(12)13)6-10(2,3)4;1-2(4)3(5)6;/h8H,5-6H2,1-4H3;2H,4H2,1H3,(H,5,6);1H/t8-;2-;/m10./s1. The van der Waals surface area contributed by atoms with Crippen LogP contribution in [0, 0.1) is 0 Å². The number of quaternary nitrogens is 1. The van der Waals surface area contributed by atoms with E-state index < -0.39 is 30.1 Å². The maximum atomic E-state index is 10.7. The van der Waals surface area contributed by atoms with Crippen LogP contribution < -0.4 is 10.8 Å². The van der Waals surface area contributed by atoms with E-state index in [9.17, 15) is 19.5 Å². The highest BCUT2D eigenvalue weighted by Crippen LogP contribution is 2.04. The molecule has 0 saturated carbocycles. The maximum Gasteiger partial charge on any atom is 0.320 e. The second-order valence-electron chi connectivity index (χ2n) is 5.41. The molecule has 0 aliphatic rings. The summed E-state index contributed by atoms with van der Waals surface area (Å²) in [5.41, 5.74) is 4.84. The Morgan fingerprint density at radius 3 is 1.86 bits per heavy atom. The van der Waals surface area contributed by atoms with E-state index in [-0.39, 0.29) is 18.8 Å². The predicted octanol–water partition coefficient (Wildman–Crippen LogP) is -1.40. The number of nitrogens with two attached hydrogens (primary N) is 1. The highest BCUT2D eigenvalue weighted by Gasteiger charge is 2.20. The Bertz CT molecular complexity index is 325. The smallest absolute Gasteiger partial charge is 0.320 e. The van der Waals surface area contributed by atoms with E-state index in [1.165, 1.54) is 13.8 Å². The molecule has 0 heterocycles. The summed E-state index contributed by atoms with van der Waals surface area (Å²) in [7, 11) is 5.68. The molecule has 0 aromatic carbocycles. The predicted molar refractivity (Wildman–Crippen MR) is 76.6 cm³/mol. The van der Waals surface area contributed by atoms with Crippen molar-refractivity contribution in [2.24, 2.45) is 5.73 Å². The molecule has 21 heavy (non-hydrogen) atoms. The van der Waals surface area contributed by atoms with Crippen molar-refractivity contribution < 1.29 is 33.8 Å². The van der Waals surface area contributed by atoms with Gasteiger partial charge in [-0.1, -0.05) is 0 Å². The second-order valence-corrected chi connectivity index (χ2v) is 5.41. The Morgan fingerprint density at radius 1 is 1.29 bits per heavy atom. The molecule has 2 atom stereocenters. The van der Waals surface area contributed by atoms with E-state index >= 15 is 0 Å². The minimum absolute atomic E-state index is 0. The molecule has 9 heteroatoms. The number of rotatable bonds is 6. The summed E-state index contributed by atoms with van der Waals surface area (Å²) in [6, 6.07) is -0.731. The molecule has 0 bridgehead atoms. The van der Waals surface area contributed by atoms with Crippen molar-refractivity contribution in [1.29, 1.82) is 0 Å². The third-order valence-electron chi connectivity index (χ3n) is 1.87. The lowest BCUT2D eigenvalue weighted by Crippen LogP contribution is -2.45. The quantitative estimate of drug-likeness (QED) is 0.453. The number of aliphatic carboxylic acids is 2. The first kappa shape index (κ1) is 24.6. The summed E-state index contributed by atoms with van der Waals surface area (Å²) >= 11 is 0. The lowest BCUT2D eigenvalue weighted by atomic mass is 10.2. The monoisotopic (exact) mass is 328 g/mol. The molecular weight excluding hydrogens is 304 g/mol. The Morgan fingerprint density at radius 2 is 1.67 bits per heavy atom. The number of hydrogen-bond donors (Lipinski definition) is 2. The number of carbonyl (C=O) groups excluding carboxylic acids is 2. The van der Waals surface area contributed by atoms with Crippen molar-refractivity contribution in [1.82, 2.24) is 0 Å². The molecule has 0 aromatic heterocycles. The first-order valence-corrected chi connectivity index (χ1v) is 6.01. The van der Waals surface area contributed by atoms with Crippen LogP contribution in [0.5, 0.6) is 0 Å². The highest BCUT2D eigenvalue weighted by molar-refractivity contribution is 5.85. The van der Waals surface area contributed by atoms with Crippen molar-refractivity contribution in [3.05, 3.63) is 0 Å². The molecule has 3 N–H and O–H groups in total. The third-order valence-corrected chi connectivity index (χ3v) is 1.87. The van der Waals surface area contributed by atoms with Crippen molar-refractivity contribution in [3.63, 3.8) is 0 Å². The number of likely N-dealkylation sites (N-methyl/N-ethyl adjacent to an activating group) is 1. The topological polar surface area (TPSA) is 130 Å². The maximum absolute atomic E-state index is 10.7. The molecule has 0 aliphatic carbocycles. The molecule has 8 nitrogen and oxygen atoms in total. The number of halogens is 1. The van der Waals surface area contributed by atoms with E-state index in [0.29, 0.717) is 11.0 Å². The van der Waals surface area contributed by atoms with Crippen LogP contribution in [0.15, 0.2) is 0 Å². The largest absolute Gasteiger partial charge is 0.550 e. The van der Waals surface area contributed by atoms with Gasteiger partial charge in [0.15, 0.2) is 6.10 Å². The third kappa shape index (κ3) is 21.1. The number of hydrogen-bond acceptors (Lipinski definition) is 6. The SMILES string of the molecule is CC(=O)O[C@H](CC(=O)[O-])C[N+](C)(C)C.C[C@H](N)C(=O)O.Cl. The fraction of sp³-hybridized carbons (Fsp3) is 0.750. The van der Waals surface area contributed by atoms with E-state index in [4.69, 9.17) is 15.6 Å². The zero-order chi connectivity index (χ0) is 16.5. The van der Waals surface area contributed by atoms with Crippen LogP contribution in [0.1, 0.15) is 20.3 Å². The van der Waals surface area contributed by atoms with Crippen LogP contribution in [0.25, 0.3) is 0 Å². The molecule has 0 amide bonds. The van der Waals surface area contributed by atoms with Crippen LogP contribution in [-0.4, -0.2) is 67.3 Å². The van der Waals surface area contributed by atoms with E-state index in [1.807, 2.05) is 21.1 Å². The van der Waals surface area contributed by atoms with E-state index in [2.05, 4.69) is 0 Å². The van der Waals surface area contributed by atoms with Gasteiger partial charge in [0, 0.05) is 19.3 Å². The van der Waals surface area contributed by atoms with E-state index in [0.717, 1.165) is 0 Å². The lowest BCUT2D eigenvalue weighted by molar-refractivity contribution is -0.873. The van der Waals surface area contributed by atoms with Gasteiger partial charge in [0.25, 0.3) is 0 Å². The van der Waals surface area contributed by atoms with Gasteiger partial charge >= 0.3 is 11.9 Å². The van der Waals surface area contributed by atoms with Crippen molar-refractivity contribution in [2.45, 2.75) is 32.4 Å². The van der Waals surface area contributed by atoms with Gasteiger partial charge in [-0.05, 0) is 6.92 Å². The van der Waals surface area contributed by atoms with Gasteiger partial charge in [0.05, 0.1) is 21.1 Å². The van der Waals surface area contributed by atoms with E-state index in [1.54, 1.807) is 0 Å². The van der Waals surface area contributed by atoms with Crippen LogP contribution in [0.4, 0.5) is 0 Å². The number of carboxylic acids is 2. The molecule has 0 saturated heterocycles. The Labute approximate surface area is 130 Å². The summed E-state index contributed by atoms with van der Waals surface area (Å²) in [6.07, 6.45) is -0.868. The van der Waals surface area contributed by atoms with Crippen molar-refractivity contribution >= 4 is 30.3 Å². The Kier molecular flexibility index (Phi) is 13.2. The summed E-state index contributed by atoms with van der Waals surface area (Å²) in [4.78, 5) is 30.6. The van der Waals surface area contributed by atoms with Gasteiger partial charge in [-0.2, -0.15) is 0 Å². The molecule has 0 fully saturated rings. The molecule has 126 valence electrons. The van der Waals surface area contributed by atoms with Crippen LogP contribution in [-0.2, 0) is 19.1 Å². The Hall–Kier alpha value is -1.38. The minimum Gasteiger partial charge on any atom is -0.550 e. The van der Waals surface area contributed by atoms with Crippen LogP contribution in [0.2, 0.25) is 0 Å². The number of ether oxygens (including phenoxy) is 1. The second kappa shape index (κ2) is 11.3. The van der Waals surface area contributed by atoms with Gasteiger partial charge < -0.3 is 30.0 Å². The summed E-state index contributed by atoms with van der Waals surface area (Å²) in [6.45, 7) is 3.13. The minimum atomic E-state index is -1.20. The summed E-state index contributed by atoms with van der Waals surface area (Å²) in [5, 5.41) is 18.2. The summed E-state index contributed by atoms with van der Waals surface area (Å²) in [5.74, 6) is -2.63. The van der Waals surface area contributed by atoms with Crippen molar-refractivity contribution in [3.8, 4) is 0 Å². The average molecular weight is 329 g/mol. The number of carbonyl (C=O) groups is 3. The van der Waals surface area contributed by atoms with Gasteiger partial charge in [-0.25, -0.2) is 0 Å². The number of esters is 1. The molecule has 0 spiro atoms. The van der Waals surface area contributed by atoms with Gasteiger partial charge in [0.1, 0.15) is 12.6 Å². The fourth-order valence-electron chi connectivity index (χ4n) is 1.17. The number of carboxylic acid groups (broad SMARTS) is 2. The average Bonchev–Trinajstić information content (AvgIpc) is 2.12. The normalized spacial score (nSPS) is 12.9. The Balaban J connectivity index is -0.000000394. The first-order valence-electron chi connectivity index (χ1n) is 6.01. The number of nitrogens with zero attached hydrogens (tertiary/aromatic N) is 1. The zero-order valence-corrected chi connectivity index (χ0v) is 13.8. The van der Waals surface area contributed by atoms with Gasteiger partial charge in [-0.15, -0.1) is 12.4 Å². The fourth-order valence-corrected chi connectivity index (χ4v) is 1.17. The zero-order valence-electron chi connectivity index (χ0n) is 13.0. The van der Waals surface area contributed by atoms with Crippen LogP contribution in [0.3, 0.4) is 0 Å². The molecule has 0 rings (SSSR count). The van der Waals surface area contributed by atoms with Gasteiger partial charge in [0.2, 0.25) is 0 Å². The first-order chi connectivity index (χ1) is 8.85.